The van der Waals surface area contributed by atoms with Gasteiger partial charge in [0.2, 0.25) is 0 Å². The molecule has 1 saturated heterocycles. The number of carbonyl (C=O) groups excluding carboxylic acids is 1. The van der Waals surface area contributed by atoms with Crippen molar-refractivity contribution in [2.24, 2.45) is 0 Å². The number of aliphatic carboxylic acids is 1. The predicted octanol–water partition coefficient (Wildman–Crippen LogP) is 1.36. The third-order valence-corrected chi connectivity index (χ3v) is 4.69. The largest absolute Gasteiger partial charge is 0.481 e. The van der Waals surface area contributed by atoms with Gasteiger partial charge in [-0.25, -0.2) is 4.79 Å². The van der Waals surface area contributed by atoms with Gasteiger partial charge in [-0.1, -0.05) is 0 Å². The Labute approximate surface area is 128 Å². The van der Waals surface area contributed by atoms with Gasteiger partial charge >= 0.3 is 12.0 Å². The number of nitrogens with zero attached hydrogens (tertiary/aromatic N) is 2. The molecular weight excluding hydrogens is 290 g/mol. The zero-order chi connectivity index (χ0) is 15.2. The van der Waals surface area contributed by atoms with Crippen LogP contribution in [0.1, 0.15) is 16.9 Å². The molecule has 6 nitrogen and oxygen atoms in total. The molecule has 1 aliphatic heterocycles. The SMILES string of the molecule is Cc1ccsc1CNC(=O)N1CCN(CCC(=O)O)CC1. The molecule has 21 heavy (non-hydrogen) atoms. The number of carboxylic acid groups (broad SMARTS) is 1. The van der Waals surface area contributed by atoms with E-state index in [4.69, 9.17) is 5.11 Å². The molecule has 0 spiro atoms. The van der Waals surface area contributed by atoms with E-state index >= 15 is 0 Å². The van der Waals surface area contributed by atoms with Crippen molar-refractivity contribution in [3.05, 3.63) is 21.9 Å². The van der Waals surface area contributed by atoms with Gasteiger partial charge in [0.1, 0.15) is 0 Å². The number of urea groups is 1. The number of hydrogen-bond donors (Lipinski definition) is 2. The number of aryl methyl sites for hydroxylation is 1. The number of piperazine rings is 1. The lowest BCUT2D eigenvalue weighted by Gasteiger charge is -2.34. The Hall–Kier alpha value is -1.60. The number of hydrogen-bond acceptors (Lipinski definition) is 4. The van der Waals surface area contributed by atoms with Crippen LogP contribution in [0, 0.1) is 6.92 Å². The highest BCUT2D eigenvalue weighted by Crippen LogP contribution is 2.15. The van der Waals surface area contributed by atoms with Crippen LogP contribution in [0.25, 0.3) is 0 Å². The van der Waals surface area contributed by atoms with E-state index in [0.717, 1.165) is 13.1 Å². The van der Waals surface area contributed by atoms with E-state index in [9.17, 15) is 9.59 Å². The Morgan fingerprint density at radius 1 is 1.33 bits per heavy atom. The van der Waals surface area contributed by atoms with Crippen molar-refractivity contribution < 1.29 is 14.7 Å². The lowest BCUT2D eigenvalue weighted by molar-refractivity contribution is -0.137. The number of thiophene rings is 1. The molecule has 0 aliphatic carbocycles. The number of carboxylic acids is 1. The molecule has 116 valence electrons. The summed E-state index contributed by atoms with van der Waals surface area (Å²) in [6, 6.07) is 2.01. The molecule has 2 amide bonds. The van der Waals surface area contributed by atoms with Crippen molar-refractivity contribution in [2.45, 2.75) is 19.9 Å². The summed E-state index contributed by atoms with van der Waals surface area (Å²) in [7, 11) is 0. The molecule has 0 radical (unpaired) electrons. The van der Waals surface area contributed by atoms with E-state index in [1.807, 2.05) is 18.4 Å². The number of carbonyl (C=O) groups is 2. The fourth-order valence-electron chi connectivity index (χ4n) is 2.28. The smallest absolute Gasteiger partial charge is 0.317 e. The first-order valence-corrected chi connectivity index (χ1v) is 7.94. The van der Waals surface area contributed by atoms with Gasteiger partial charge in [-0.05, 0) is 23.9 Å². The van der Waals surface area contributed by atoms with E-state index in [2.05, 4.69) is 10.2 Å². The van der Waals surface area contributed by atoms with Crippen molar-refractivity contribution in [3.8, 4) is 0 Å². The van der Waals surface area contributed by atoms with Crippen molar-refractivity contribution >= 4 is 23.3 Å². The fourth-order valence-corrected chi connectivity index (χ4v) is 3.13. The van der Waals surface area contributed by atoms with Crippen LogP contribution in [0.15, 0.2) is 11.4 Å². The van der Waals surface area contributed by atoms with Crippen molar-refractivity contribution in [2.75, 3.05) is 32.7 Å². The number of amides is 2. The van der Waals surface area contributed by atoms with Crippen molar-refractivity contribution in [1.29, 1.82) is 0 Å². The Balaban J connectivity index is 1.70. The van der Waals surface area contributed by atoms with E-state index < -0.39 is 5.97 Å². The summed E-state index contributed by atoms with van der Waals surface area (Å²) in [6.45, 7) is 5.93. The molecule has 0 saturated carbocycles. The normalized spacial score (nSPS) is 16.0. The lowest BCUT2D eigenvalue weighted by Crippen LogP contribution is -2.51. The summed E-state index contributed by atoms with van der Waals surface area (Å²) < 4.78 is 0. The highest BCUT2D eigenvalue weighted by Gasteiger charge is 2.21. The van der Waals surface area contributed by atoms with Crippen LogP contribution in [0.3, 0.4) is 0 Å². The maximum absolute atomic E-state index is 12.1. The molecule has 7 heteroatoms. The van der Waals surface area contributed by atoms with Gasteiger partial charge in [-0.3, -0.25) is 9.69 Å². The van der Waals surface area contributed by atoms with E-state index in [1.165, 1.54) is 10.4 Å². The number of rotatable bonds is 5. The van der Waals surface area contributed by atoms with Crippen LogP contribution < -0.4 is 5.32 Å². The molecular formula is C14H21N3O3S. The van der Waals surface area contributed by atoms with Gasteiger partial charge in [0.15, 0.2) is 0 Å². The fraction of sp³-hybridized carbons (Fsp3) is 0.571. The summed E-state index contributed by atoms with van der Waals surface area (Å²) in [6.07, 6.45) is 0.157. The maximum atomic E-state index is 12.1. The maximum Gasteiger partial charge on any atom is 0.317 e. The van der Waals surface area contributed by atoms with Crippen LogP contribution in [0.4, 0.5) is 4.79 Å². The second-order valence-corrected chi connectivity index (χ2v) is 6.16. The monoisotopic (exact) mass is 311 g/mol. The summed E-state index contributed by atoms with van der Waals surface area (Å²) in [5.41, 5.74) is 1.21. The molecule has 1 aromatic rings. The number of nitrogens with one attached hydrogen (secondary N) is 1. The van der Waals surface area contributed by atoms with Gasteiger partial charge in [0.25, 0.3) is 0 Å². The standard InChI is InChI=1S/C14H21N3O3S/c1-11-3-9-21-12(11)10-15-14(20)17-7-5-16(6-8-17)4-2-13(18)19/h3,9H,2,4-8,10H2,1H3,(H,15,20)(H,18,19). The Morgan fingerprint density at radius 2 is 2.05 bits per heavy atom. The molecule has 0 atom stereocenters. The second-order valence-electron chi connectivity index (χ2n) is 5.16. The van der Waals surface area contributed by atoms with E-state index in [1.54, 1.807) is 16.2 Å². The van der Waals surface area contributed by atoms with Crippen LogP contribution >= 0.6 is 11.3 Å². The minimum Gasteiger partial charge on any atom is -0.481 e. The molecule has 0 unspecified atom stereocenters. The van der Waals surface area contributed by atoms with Gasteiger partial charge < -0.3 is 15.3 Å². The first-order chi connectivity index (χ1) is 10.1. The van der Waals surface area contributed by atoms with Gasteiger partial charge in [-0.15, -0.1) is 11.3 Å². The average molecular weight is 311 g/mol. The van der Waals surface area contributed by atoms with E-state index in [-0.39, 0.29) is 12.5 Å². The predicted molar refractivity (Wildman–Crippen MR) is 81.6 cm³/mol. The molecule has 2 rings (SSSR count). The van der Waals surface area contributed by atoms with Gasteiger partial charge in [-0.2, -0.15) is 0 Å². The molecule has 1 fully saturated rings. The second kappa shape index (κ2) is 7.42. The third kappa shape index (κ3) is 4.71. The highest BCUT2D eigenvalue weighted by atomic mass is 32.1. The van der Waals surface area contributed by atoms with Crippen molar-refractivity contribution in [3.63, 3.8) is 0 Å². The van der Waals surface area contributed by atoms with E-state index in [0.29, 0.717) is 26.2 Å². The van der Waals surface area contributed by atoms with Crippen LogP contribution in [-0.2, 0) is 11.3 Å². The molecule has 2 heterocycles. The molecule has 0 aromatic carbocycles. The Kier molecular flexibility index (Phi) is 5.58. The molecule has 0 bridgehead atoms. The summed E-state index contributed by atoms with van der Waals surface area (Å²) >= 11 is 1.65. The first-order valence-electron chi connectivity index (χ1n) is 7.06. The summed E-state index contributed by atoms with van der Waals surface area (Å²) in [5.74, 6) is -0.776. The van der Waals surface area contributed by atoms with Crippen LogP contribution in [0.5, 0.6) is 0 Å². The molecule has 1 aliphatic rings. The Bertz CT molecular complexity index is 495. The highest BCUT2D eigenvalue weighted by molar-refractivity contribution is 7.10. The van der Waals surface area contributed by atoms with Crippen molar-refractivity contribution in [1.82, 2.24) is 15.1 Å². The summed E-state index contributed by atoms with van der Waals surface area (Å²) in [5, 5.41) is 13.6. The lowest BCUT2D eigenvalue weighted by atomic mass is 10.3. The summed E-state index contributed by atoms with van der Waals surface area (Å²) in [4.78, 5) is 27.7. The first kappa shape index (κ1) is 15.8. The molecule has 2 N–H and O–H groups in total. The third-order valence-electron chi connectivity index (χ3n) is 3.67. The van der Waals surface area contributed by atoms with Crippen LogP contribution in [0.2, 0.25) is 0 Å². The van der Waals surface area contributed by atoms with Crippen LogP contribution in [-0.4, -0.2) is 59.6 Å². The zero-order valence-electron chi connectivity index (χ0n) is 12.2. The van der Waals surface area contributed by atoms with Gasteiger partial charge in [0.05, 0.1) is 13.0 Å². The Morgan fingerprint density at radius 3 is 2.62 bits per heavy atom. The molecule has 1 aromatic heterocycles. The topological polar surface area (TPSA) is 72.9 Å². The van der Waals surface area contributed by atoms with Gasteiger partial charge in [0, 0.05) is 37.6 Å². The quantitative estimate of drug-likeness (QED) is 0.861. The average Bonchev–Trinajstić information content (AvgIpc) is 2.88. The minimum absolute atomic E-state index is 0.0410. The minimum atomic E-state index is -0.776. The zero-order valence-corrected chi connectivity index (χ0v) is 13.0.